The van der Waals surface area contributed by atoms with Crippen molar-refractivity contribution in [2.24, 2.45) is 0 Å². The van der Waals surface area contributed by atoms with E-state index in [1.165, 1.54) is 30.8 Å². The summed E-state index contributed by atoms with van der Waals surface area (Å²) in [5, 5.41) is 10.9. The number of morpholine rings is 1. The number of rotatable bonds is 6. The maximum atomic E-state index is 13.1. The van der Waals surface area contributed by atoms with Crippen molar-refractivity contribution in [2.45, 2.75) is 24.6 Å². The lowest BCUT2D eigenvalue weighted by molar-refractivity contribution is -0.132. The SMILES string of the molecule is CC(=O)NC1NC(SCC(=O)N2CCOCC2)NC(=O)C1NC(=O)c1ccc(F)cc1. The number of carbonyl (C=O) groups is 4. The van der Waals surface area contributed by atoms with E-state index in [1.807, 2.05) is 0 Å². The average Bonchev–Trinajstić information content (AvgIpc) is 2.75. The van der Waals surface area contributed by atoms with Crippen LogP contribution in [0, 0.1) is 5.82 Å². The van der Waals surface area contributed by atoms with Gasteiger partial charge in [0.2, 0.25) is 17.7 Å². The van der Waals surface area contributed by atoms with Crippen molar-refractivity contribution in [2.75, 3.05) is 32.1 Å². The van der Waals surface area contributed by atoms with Crippen LogP contribution < -0.4 is 21.3 Å². The number of nitrogens with zero attached hydrogens (tertiary/aromatic N) is 1. The second-order valence-electron chi connectivity index (χ2n) is 7.00. The van der Waals surface area contributed by atoms with E-state index in [9.17, 15) is 23.6 Å². The van der Waals surface area contributed by atoms with Crippen molar-refractivity contribution in [1.82, 2.24) is 26.2 Å². The van der Waals surface area contributed by atoms with Gasteiger partial charge in [-0.05, 0) is 24.3 Å². The highest BCUT2D eigenvalue weighted by Gasteiger charge is 2.38. The number of ether oxygens (including phenoxy) is 1. The second kappa shape index (κ2) is 10.6. The largest absolute Gasteiger partial charge is 0.378 e. The first-order chi connectivity index (χ1) is 14.8. The average molecular weight is 453 g/mol. The molecule has 2 fully saturated rings. The van der Waals surface area contributed by atoms with Crippen LogP contribution in [0.15, 0.2) is 24.3 Å². The molecule has 1 aromatic rings. The summed E-state index contributed by atoms with van der Waals surface area (Å²) < 4.78 is 18.3. The minimum atomic E-state index is -1.10. The van der Waals surface area contributed by atoms with E-state index in [0.29, 0.717) is 26.3 Å². The van der Waals surface area contributed by atoms with Crippen LogP contribution in [0.2, 0.25) is 0 Å². The number of hydrogen-bond donors (Lipinski definition) is 4. The van der Waals surface area contributed by atoms with Crippen LogP contribution in [-0.4, -0.2) is 78.3 Å². The number of thioether (sulfide) groups is 1. The van der Waals surface area contributed by atoms with Gasteiger partial charge in [0.15, 0.2) is 0 Å². The molecule has 3 rings (SSSR count). The summed E-state index contributed by atoms with van der Waals surface area (Å²) in [4.78, 5) is 50.8. The molecule has 2 aliphatic heterocycles. The molecule has 1 aromatic carbocycles. The van der Waals surface area contributed by atoms with Crippen molar-refractivity contribution in [3.63, 3.8) is 0 Å². The lowest BCUT2D eigenvalue weighted by Gasteiger charge is -2.37. The molecule has 4 N–H and O–H groups in total. The van der Waals surface area contributed by atoms with Crippen LogP contribution in [-0.2, 0) is 19.1 Å². The summed E-state index contributed by atoms with van der Waals surface area (Å²) in [6, 6.07) is 3.76. The van der Waals surface area contributed by atoms with Crippen molar-refractivity contribution >= 4 is 35.4 Å². The van der Waals surface area contributed by atoms with Gasteiger partial charge in [0.1, 0.15) is 23.5 Å². The minimum Gasteiger partial charge on any atom is -0.378 e. The Balaban J connectivity index is 1.60. The van der Waals surface area contributed by atoms with Gasteiger partial charge in [-0.25, -0.2) is 4.39 Å². The summed E-state index contributed by atoms with van der Waals surface area (Å²) >= 11 is 1.17. The third-order valence-corrected chi connectivity index (χ3v) is 5.71. The Kier molecular flexibility index (Phi) is 7.82. The molecule has 3 unspecified atom stereocenters. The van der Waals surface area contributed by atoms with Gasteiger partial charge in [-0.3, -0.25) is 24.5 Å². The number of halogens is 1. The van der Waals surface area contributed by atoms with E-state index in [4.69, 9.17) is 4.74 Å². The summed E-state index contributed by atoms with van der Waals surface area (Å²) in [5.41, 5.74) is -0.475. The Bertz CT molecular complexity index is 833. The standard InChI is InChI=1S/C19H24FN5O5S/c1-11(26)21-16-15(22-17(28)12-2-4-13(20)5-3-12)18(29)24-19(23-16)31-10-14(27)25-6-8-30-9-7-25/h2-5,15-16,19,23H,6-10H2,1H3,(H,21,26)(H,22,28)(H,24,29). The fourth-order valence-electron chi connectivity index (χ4n) is 3.14. The molecule has 168 valence electrons. The Morgan fingerprint density at radius 3 is 2.52 bits per heavy atom. The van der Waals surface area contributed by atoms with Gasteiger partial charge in [-0.2, -0.15) is 0 Å². The topological polar surface area (TPSA) is 129 Å². The Morgan fingerprint density at radius 1 is 1.19 bits per heavy atom. The highest BCUT2D eigenvalue weighted by Crippen LogP contribution is 2.14. The highest BCUT2D eigenvalue weighted by atomic mass is 32.2. The Morgan fingerprint density at radius 2 is 1.87 bits per heavy atom. The zero-order chi connectivity index (χ0) is 22.4. The first-order valence-corrected chi connectivity index (χ1v) is 10.8. The highest BCUT2D eigenvalue weighted by molar-refractivity contribution is 8.00. The summed E-state index contributed by atoms with van der Waals surface area (Å²) in [6.45, 7) is 3.33. The summed E-state index contributed by atoms with van der Waals surface area (Å²) in [6.07, 6.45) is -0.897. The molecule has 2 saturated heterocycles. The molecule has 0 aromatic heterocycles. The molecular weight excluding hydrogens is 429 g/mol. The number of amides is 4. The van der Waals surface area contributed by atoms with Crippen molar-refractivity contribution in [3.05, 3.63) is 35.6 Å². The quantitative estimate of drug-likeness (QED) is 0.434. The lowest BCUT2D eigenvalue weighted by atomic mass is 10.1. The number of hydrogen-bond acceptors (Lipinski definition) is 7. The maximum absolute atomic E-state index is 13.1. The van der Waals surface area contributed by atoms with E-state index in [1.54, 1.807) is 4.90 Å². The predicted molar refractivity (Wildman–Crippen MR) is 110 cm³/mol. The molecule has 0 bridgehead atoms. The van der Waals surface area contributed by atoms with Crippen LogP contribution in [0.1, 0.15) is 17.3 Å². The molecule has 31 heavy (non-hydrogen) atoms. The van der Waals surface area contributed by atoms with Gasteiger partial charge in [0, 0.05) is 25.6 Å². The second-order valence-corrected chi connectivity index (χ2v) is 8.09. The van der Waals surface area contributed by atoms with Gasteiger partial charge >= 0.3 is 0 Å². The smallest absolute Gasteiger partial charge is 0.252 e. The van der Waals surface area contributed by atoms with E-state index < -0.39 is 41.2 Å². The molecule has 12 heteroatoms. The van der Waals surface area contributed by atoms with Crippen molar-refractivity contribution in [1.29, 1.82) is 0 Å². The van der Waals surface area contributed by atoms with Gasteiger partial charge in [0.05, 0.1) is 19.0 Å². The summed E-state index contributed by atoms with van der Waals surface area (Å²) in [7, 11) is 0. The zero-order valence-corrected chi connectivity index (χ0v) is 17.7. The normalized spacial score (nSPS) is 23.6. The van der Waals surface area contributed by atoms with E-state index in [0.717, 1.165) is 12.1 Å². The Hall–Kier alpha value is -2.70. The molecule has 0 spiro atoms. The molecule has 2 aliphatic rings. The molecule has 2 heterocycles. The predicted octanol–water partition coefficient (Wildman–Crippen LogP) is -1.02. The third kappa shape index (κ3) is 6.39. The van der Waals surface area contributed by atoms with Crippen molar-refractivity contribution < 1.29 is 28.3 Å². The maximum Gasteiger partial charge on any atom is 0.252 e. The monoisotopic (exact) mass is 453 g/mol. The molecule has 0 aliphatic carbocycles. The zero-order valence-electron chi connectivity index (χ0n) is 16.9. The molecular formula is C19H24FN5O5S. The molecule has 3 atom stereocenters. The third-order valence-electron chi connectivity index (χ3n) is 4.71. The lowest BCUT2D eigenvalue weighted by Crippen LogP contribution is -2.72. The fraction of sp³-hybridized carbons (Fsp3) is 0.474. The number of carbonyl (C=O) groups excluding carboxylic acids is 4. The van der Waals surface area contributed by atoms with Gasteiger partial charge in [-0.15, -0.1) is 11.8 Å². The van der Waals surface area contributed by atoms with Crippen LogP contribution >= 0.6 is 11.8 Å². The Labute approximate surface area is 182 Å². The summed E-state index contributed by atoms with van der Waals surface area (Å²) in [5.74, 6) is -1.96. The van der Waals surface area contributed by atoms with Crippen molar-refractivity contribution in [3.8, 4) is 0 Å². The van der Waals surface area contributed by atoms with Gasteiger partial charge < -0.3 is 25.6 Å². The number of benzene rings is 1. The first kappa shape index (κ1) is 23.0. The minimum absolute atomic E-state index is 0.0767. The van der Waals surface area contributed by atoms with E-state index >= 15 is 0 Å². The van der Waals surface area contributed by atoms with Gasteiger partial charge in [0.25, 0.3) is 5.91 Å². The molecule has 10 nitrogen and oxygen atoms in total. The molecule has 4 amide bonds. The van der Waals surface area contributed by atoms with Crippen LogP contribution in [0.3, 0.4) is 0 Å². The fourth-order valence-corrected chi connectivity index (χ4v) is 4.07. The molecule has 0 saturated carbocycles. The van der Waals surface area contributed by atoms with E-state index in [-0.39, 0.29) is 17.2 Å². The van der Waals surface area contributed by atoms with Crippen LogP contribution in [0.5, 0.6) is 0 Å². The van der Waals surface area contributed by atoms with Gasteiger partial charge in [-0.1, -0.05) is 0 Å². The molecule has 0 radical (unpaired) electrons. The van der Waals surface area contributed by atoms with Crippen LogP contribution in [0.25, 0.3) is 0 Å². The van der Waals surface area contributed by atoms with E-state index in [2.05, 4.69) is 21.3 Å². The first-order valence-electron chi connectivity index (χ1n) is 9.70. The van der Waals surface area contributed by atoms with Crippen LogP contribution in [0.4, 0.5) is 4.39 Å². The number of nitrogens with one attached hydrogen (secondary N) is 4.